The zero-order chi connectivity index (χ0) is 21.5. The molecule has 1 aromatic carbocycles. The van der Waals surface area contributed by atoms with Gasteiger partial charge in [0.25, 0.3) is 5.56 Å². The lowest BCUT2D eigenvalue weighted by atomic mass is 9.78. The maximum absolute atomic E-state index is 13.5. The van der Waals surface area contributed by atoms with Gasteiger partial charge in [0, 0.05) is 25.5 Å². The first-order chi connectivity index (χ1) is 15.1. The normalized spacial score (nSPS) is 21.7. The molecule has 1 fully saturated rings. The van der Waals surface area contributed by atoms with Gasteiger partial charge < -0.3 is 9.30 Å². The fourth-order valence-corrected chi connectivity index (χ4v) is 5.07. The topological polar surface area (TPSA) is 61.4 Å². The van der Waals surface area contributed by atoms with Crippen molar-refractivity contribution >= 4 is 16.6 Å². The molecule has 4 aromatic rings. The highest BCUT2D eigenvalue weighted by Crippen LogP contribution is 2.37. The number of nitrogens with zero attached hydrogens (tertiary/aromatic N) is 4. The number of benzene rings is 1. The highest BCUT2D eigenvalue weighted by Gasteiger charge is 2.29. The summed E-state index contributed by atoms with van der Waals surface area (Å²) < 4.78 is 9.13. The van der Waals surface area contributed by atoms with E-state index in [0.717, 1.165) is 40.8 Å². The number of pyridine rings is 1. The van der Waals surface area contributed by atoms with Crippen LogP contribution >= 0.6 is 0 Å². The van der Waals surface area contributed by atoms with Crippen molar-refractivity contribution < 1.29 is 4.74 Å². The van der Waals surface area contributed by atoms with Crippen LogP contribution in [-0.4, -0.2) is 26.3 Å². The minimum absolute atomic E-state index is 0.0166. The second kappa shape index (κ2) is 7.93. The Bertz CT molecular complexity index is 1290. The van der Waals surface area contributed by atoms with E-state index < -0.39 is 0 Å². The van der Waals surface area contributed by atoms with Crippen LogP contribution in [0.4, 0.5) is 0 Å². The molecule has 3 aromatic heterocycles. The van der Waals surface area contributed by atoms with Gasteiger partial charge in [0.05, 0.1) is 28.8 Å². The van der Waals surface area contributed by atoms with Crippen LogP contribution in [0.15, 0.2) is 53.6 Å². The van der Waals surface area contributed by atoms with E-state index >= 15 is 0 Å². The van der Waals surface area contributed by atoms with Gasteiger partial charge in [0.2, 0.25) is 0 Å². The Morgan fingerprint density at radius 2 is 1.94 bits per heavy atom. The minimum Gasteiger partial charge on any atom is -0.378 e. The number of rotatable bonds is 4. The molecule has 6 heteroatoms. The molecule has 0 unspecified atom stereocenters. The average Bonchev–Trinajstić information content (AvgIpc) is 3.15. The Morgan fingerprint density at radius 1 is 1.13 bits per heavy atom. The number of fused-ring (bicyclic) bond motifs is 3. The van der Waals surface area contributed by atoms with Gasteiger partial charge in [-0.05, 0) is 29.9 Å². The van der Waals surface area contributed by atoms with Gasteiger partial charge >= 0.3 is 0 Å². The van der Waals surface area contributed by atoms with E-state index in [1.165, 1.54) is 6.42 Å². The van der Waals surface area contributed by atoms with Crippen LogP contribution in [0.25, 0.3) is 27.7 Å². The van der Waals surface area contributed by atoms with Crippen LogP contribution in [0.5, 0.6) is 0 Å². The lowest BCUT2D eigenvalue weighted by molar-refractivity contribution is 0.181. The fourth-order valence-electron chi connectivity index (χ4n) is 5.07. The summed E-state index contributed by atoms with van der Waals surface area (Å²) in [6.45, 7) is 4.94. The van der Waals surface area contributed by atoms with Gasteiger partial charge in [-0.1, -0.05) is 57.0 Å². The highest BCUT2D eigenvalue weighted by atomic mass is 16.5. The summed E-state index contributed by atoms with van der Waals surface area (Å²) in [4.78, 5) is 18.2. The van der Waals surface area contributed by atoms with Crippen molar-refractivity contribution in [2.45, 2.75) is 45.8 Å². The average molecular weight is 417 g/mol. The van der Waals surface area contributed by atoms with Crippen molar-refractivity contribution in [3.63, 3.8) is 0 Å². The molecule has 31 heavy (non-hydrogen) atoms. The summed E-state index contributed by atoms with van der Waals surface area (Å²) in [6.07, 6.45) is 7.11. The number of methoxy groups -OCH3 is 1. The molecule has 5 rings (SSSR count). The molecule has 0 spiro atoms. The quantitative estimate of drug-likeness (QED) is 0.477. The van der Waals surface area contributed by atoms with Crippen molar-refractivity contribution in [3.8, 4) is 11.1 Å². The van der Waals surface area contributed by atoms with Crippen molar-refractivity contribution in [2.24, 2.45) is 11.8 Å². The predicted octanol–water partition coefficient (Wildman–Crippen LogP) is 4.85. The van der Waals surface area contributed by atoms with Crippen molar-refractivity contribution in [2.75, 3.05) is 7.11 Å². The molecule has 6 nitrogen and oxygen atoms in total. The molecule has 0 saturated heterocycles. The van der Waals surface area contributed by atoms with Gasteiger partial charge in [-0.25, -0.2) is 9.50 Å². The summed E-state index contributed by atoms with van der Waals surface area (Å²) >= 11 is 0. The monoisotopic (exact) mass is 416 g/mol. The lowest BCUT2D eigenvalue weighted by Crippen LogP contribution is -2.33. The van der Waals surface area contributed by atoms with Gasteiger partial charge in [-0.15, -0.1) is 0 Å². The standard InChI is InChI=1S/C25H28N4O2/c1-16-8-7-11-21(17(16)2)28-13-12-22-19(25(28)30)14-26-24-23(18-9-5-4-6-10-18)20(15-31-3)27-29(22)24/h4-6,9-10,12-14,16-17,21H,7-8,11,15H2,1-3H3/t16-,17-,21-/m1/s1. The molecule has 0 amide bonds. The SMILES string of the molecule is COCc1nn2c(ncc3c(=O)n([C@@H]4CCC[C@@H](C)[C@H]4C)ccc32)c1-c1ccccc1. The molecule has 1 aliphatic rings. The summed E-state index contributed by atoms with van der Waals surface area (Å²) in [7, 11) is 1.66. The van der Waals surface area contributed by atoms with E-state index in [0.29, 0.717) is 23.8 Å². The molecule has 1 aliphatic carbocycles. The molecule has 0 N–H and O–H groups in total. The largest absolute Gasteiger partial charge is 0.378 e. The van der Waals surface area contributed by atoms with Crippen LogP contribution in [0.1, 0.15) is 44.8 Å². The van der Waals surface area contributed by atoms with Crippen LogP contribution in [0, 0.1) is 11.8 Å². The van der Waals surface area contributed by atoms with Crippen LogP contribution < -0.4 is 5.56 Å². The molecule has 0 radical (unpaired) electrons. The Hall–Kier alpha value is -2.99. The smallest absolute Gasteiger partial charge is 0.261 e. The van der Waals surface area contributed by atoms with Gasteiger partial charge in [-0.3, -0.25) is 4.79 Å². The van der Waals surface area contributed by atoms with Gasteiger partial charge in [0.15, 0.2) is 5.65 Å². The zero-order valence-electron chi connectivity index (χ0n) is 18.3. The third-order valence-electron chi connectivity index (χ3n) is 6.98. The Balaban J connectivity index is 1.71. The van der Waals surface area contributed by atoms with Crippen LogP contribution in [-0.2, 0) is 11.3 Å². The maximum atomic E-state index is 13.5. The first-order valence-corrected chi connectivity index (χ1v) is 11.1. The summed E-state index contributed by atoms with van der Waals surface area (Å²) in [5, 5.41) is 5.40. The maximum Gasteiger partial charge on any atom is 0.261 e. The van der Waals surface area contributed by atoms with Gasteiger partial charge in [-0.2, -0.15) is 5.10 Å². The molecule has 160 valence electrons. The Labute approximate surface area is 181 Å². The van der Waals surface area contributed by atoms with Crippen molar-refractivity contribution in [1.82, 2.24) is 19.2 Å². The Kier molecular flexibility index (Phi) is 5.10. The molecule has 3 heterocycles. The summed E-state index contributed by atoms with van der Waals surface area (Å²) in [5.41, 5.74) is 4.33. The second-order valence-electron chi connectivity index (χ2n) is 8.78. The highest BCUT2D eigenvalue weighted by molar-refractivity contribution is 5.86. The molecule has 0 aliphatic heterocycles. The van der Waals surface area contributed by atoms with Gasteiger partial charge in [0.1, 0.15) is 0 Å². The van der Waals surface area contributed by atoms with Crippen LogP contribution in [0.3, 0.4) is 0 Å². The van der Waals surface area contributed by atoms with Crippen molar-refractivity contribution in [1.29, 1.82) is 0 Å². The van der Waals surface area contributed by atoms with E-state index in [1.54, 1.807) is 17.8 Å². The molecule has 0 bridgehead atoms. The zero-order valence-corrected chi connectivity index (χ0v) is 18.3. The molecule has 1 saturated carbocycles. The van der Waals surface area contributed by atoms with E-state index in [-0.39, 0.29) is 11.6 Å². The van der Waals surface area contributed by atoms with E-state index in [9.17, 15) is 4.79 Å². The number of hydrogen-bond donors (Lipinski definition) is 0. The van der Waals surface area contributed by atoms with Crippen molar-refractivity contribution in [3.05, 3.63) is 64.8 Å². The summed E-state index contributed by atoms with van der Waals surface area (Å²) in [6, 6.07) is 12.3. The number of aromatic nitrogens is 4. The predicted molar refractivity (Wildman–Crippen MR) is 122 cm³/mol. The number of hydrogen-bond acceptors (Lipinski definition) is 4. The summed E-state index contributed by atoms with van der Waals surface area (Å²) in [5.74, 6) is 1.10. The molecular weight excluding hydrogens is 388 g/mol. The third-order valence-corrected chi connectivity index (χ3v) is 6.98. The first-order valence-electron chi connectivity index (χ1n) is 11.1. The second-order valence-corrected chi connectivity index (χ2v) is 8.78. The van der Waals surface area contributed by atoms with E-state index in [4.69, 9.17) is 14.8 Å². The minimum atomic E-state index is 0.0166. The third kappa shape index (κ3) is 3.26. The Morgan fingerprint density at radius 3 is 2.71 bits per heavy atom. The fraction of sp³-hybridized carbons (Fsp3) is 0.400. The van der Waals surface area contributed by atoms with E-state index in [1.807, 2.05) is 47.2 Å². The van der Waals surface area contributed by atoms with E-state index in [2.05, 4.69) is 13.8 Å². The van der Waals surface area contributed by atoms with Crippen LogP contribution in [0.2, 0.25) is 0 Å². The lowest BCUT2D eigenvalue weighted by Gasteiger charge is -2.35. The molecular formula is C25H28N4O2. The number of ether oxygens (including phenoxy) is 1. The first kappa shape index (κ1) is 19.9. The molecule has 3 atom stereocenters.